The third kappa shape index (κ3) is 4.51. The van der Waals surface area contributed by atoms with Gasteiger partial charge in [-0.2, -0.15) is 5.26 Å². The number of nitrogens with zero attached hydrogens (tertiary/aromatic N) is 5. The Labute approximate surface area is 170 Å². The van der Waals surface area contributed by atoms with Crippen molar-refractivity contribution in [2.45, 2.75) is 18.9 Å². The number of para-hydroxylation sites is 1. The van der Waals surface area contributed by atoms with E-state index >= 15 is 0 Å². The number of anilines is 1. The van der Waals surface area contributed by atoms with E-state index in [9.17, 15) is 4.39 Å². The topological polar surface area (TPSA) is 65.3 Å². The van der Waals surface area contributed by atoms with E-state index in [0.29, 0.717) is 35.8 Å². The molecule has 6 nitrogen and oxygen atoms in total. The molecule has 2 aliphatic rings. The van der Waals surface area contributed by atoms with Crippen molar-refractivity contribution < 1.29 is 9.13 Å². The van der Waals surface area contributed by atoms with Gasteiger partial charge in [0, 0.05) is 38.1 Å². The Morgan fingerprint density at radius 2 is 1.93 bits per heavy atom. The van der Waals surface area contributed by atoms with E-state index in [0.717, 1.165) is 39.0 Å². The molecular formula is C20H23ClFN5O. The van der Waals surface area contributed by atoms with Crippen LogP contribution < -0.4 is 9.64 Å². The zero-order valence-corrected chi connectivity index (χ0v) is 16.3. The van der Waals surface area contributed by atoms with E-state index in [1.807, 2.05) is 18.2 Å². The molecular weight excluding hydrogens is 381 g/mol. The fraction of sp³-hybridized carbons (Fsp3) is 0.450. The Balaban J connectivity index is 0.00000225. The van der Waals surface area contributed by atoms with E-state index < -0.39 is 5.82 Å². The standard InChI is InChI=1S/C20H22FN5O.ClH/c21-17-10-23-20(24-11-17)26-8-7-25-12-15(5-6-18(25)13-26)14-27-19-4-2-1-3-16(19)9-22;/h1-4,10-11,15,18H,5-8,12-14H2;1H/t15-,18-;/m0./s1. The second-order valence-corrected chi connectivity index (χ2v) is 7.16. The van der Waals surface area contributed by atoms with Crippen LogP contribution in [-0.2, 0) is 0 Å². The molecule has 0 saturated carbocycles. The summed E-state index contributed by atoms with van der Waals surface area (Å²) in [5.41, 5.74) is 0.582. The van der Waals surface area contributed by atoms with Gasteiger partial charge in [0.15, 0.2) is 5.82 Å². The maximum Gasteiger partial charge on any atom is 0.225 e. The van der Waals surface area contributed by atoms with Crippen molar-refractivity contribution in [3.63, 3.8) is 0 Å². The van der Waals surface area contributed by atoms with E-state index in [2.05, 4.69) is 25.8 Å². The summed E-state index contributed by atoms with van der Waals surface area (Å²) in [5.74, 6) is 1.33. The third-order valence-corrected chi connectivity index (χ3v) is 5.38. The molecule has 2 fully saturated rings. The molecule has 0 bridgehead atoms. The molecule has 8 heteroatoms. The summed E-state index contributed by atoms with van der Waals surface area (Å²) in [5, 5.41) is 9.17. The largest absolute Gasteiger partial charge is 0.492 e. The summed E-state index contributed by atoms with van der Waals surface area (Å²) in [6.07, 6.45) is 4.63. The summed E-state index contributed by atoms with van der Waals surface area (Å²) in [4.78, 5) is 12.9. The summed E-state index contributed by atoms with van der Waals surface area (Å²) < 4.78 is 19.0. The van der Waals surface area contributed by atoms with Crippen LogP contribution in [0.25, 0.3) is 0 Å². The molecule has 148 valence electrons. The molecule has 0 N–H and O–H groups in total. The van der Waals surface area contributed by atoms with Gasteiger partial charge in [-0.1, -0.05) is 12.1 Å². The van der Waals surface area contributed by atoms with Crippen molar-refractivity contribution in [3.05, 3.63) is 48.0 Å². The van der Waals surface area contributed by atoms with Crippen molar-refractivity contribution in [2.75, 3.05) is 37.7 Å². The quantitative estimate of drug-likeness (QED) is 0.782. The average Bonchev–Trinajstić information content (AvgIpc) is 2.72. The monoisotopic (exact) mass is 403 g/mol. The number of fused-ring (bicyclic) bond motifs is 1. The van der Waals surface area contributed by atoms with Gasteiger partial charge in [0.2, 0.25) is 5.95 Å². The van der Waals surface area contributed by atoms with Crippen LogP contribution in [0.2, 0.25) is 0 Å². The number of halogens is 2. The second kappa shape index (κ2) is 9.18. The summed E-state index contributed by atoms with van der Waals surface area (Å²) in [7, 11) is 0. The average molecular weight is 404 g/mol. The van der Waals surface area contributed by atoms with Gasteiger partial charge in [0.05, 0.1) is 24.6 Å². The highest BCUT2D eigenvalue weighted by molar-refractivity contribution is 5.85. The minimum absolute atomic E-state index is 0. The van der Waals surface area contributed by atoms with Crippen molar-refractivity contribution in [2.24, 2.45) is 5.92 Å². The molecule has 2 saturated heterocycles. The zero-order valence-electron chi connectivity index (χ0n) is 15.5. The van der Waals surface area contributed by atoms with Gasteiger partial charge >= 0.3 is 0 Å². The number of aromatic nitrogens is 2. The van der Waals surface area contributed by atoms with E-state index in [1.54, 1.807) is 6.07 Å². The van der Waals surface area contributed by atoms with Gasteiger partial charge < -0.3 is 9.64 Å². The number of hydrogen-bond donors (Lipinski definition) is 0. The predicted octanol–water partition coefficient (Wildman–Crippen LogP) is 2.89. The van der Waals surface area contributed by atoms with Crippen molar-refractivity contribution in [1.29, 1.82) is 5.26 Å². The number of ether oxygens (including phenoxy) is 1. The van der Waals surface area contributed by atoms with Gasteiger partial charge in [0.25, 0.3) is 0 Å². The van der Waals surface area contributed by atoms with Crippen LogP contribution in [0.15, 0.2) is 36.7 Å². The second-order valence-electron chi connectivity index (χ2n) is 7.16. The van der Waals surface area contributed by atoms with Crippen LogP contribution in [0.3, 0.4) is 0 Å². The van der Waals surface area contributed by atoms with Crippen LogP contribution in [0.4, 0.5) is 10.3 Å². The summed E-state index contributed by atoms with van der Waals surface area (Å²) in [6, 6.07) is 10.0. The molecule has 2 atom stereocenters. The molecule has 0 amide bonds. The first-order valence-corrected chi connectivity index (χ1v) is 9.31. The Bertz CT molecular complexity index is 828. The van der Waals surface area contributed by atoms with Crippen LogP contribution >= 0.6 is 12.4 Å². The normalized spacial score (nSPS) is 21.9. The lowest BCUT2D eigenvalue weighted by molar-refractivity contribution is 0.0725. The van der Waals surface area contributed by atoms with Gasteiger partial charge in [-0.15, -0.1) is 12.4 Å². The molecule has 2 aromatic rings. The molecule has 0 aliphatic carbocycles. The third-order valence-electron chi connectivity index (χ3n) is 5.38. The molecule has 0 radical (unpaired) electrons. The summed E-state index contributed by atoms with van der Waals surface area (Å²) >= 11 is 0. The van der Waals surface area contributed by atoms with Gasteiger partial charge in [-0.05, 0) is 25.0 Å². The fourth-order valence-corrected chi connectivity index (χ4v) is 3.94. The first-order chi connectivity index (χ1) is 13.2. The van der Waals surface area contributed by atoms with Gasteiger partial charge in [-0.3, -0.25) is 4.90 Å². The predicted molar refractivity (Wildman–Crippen MR) is 106 cm³/mol. The van der Waals surface area contributed by atoms with Crippen LogP contribution in [0.1, 0.15) is 18.4 Å². The highest BCUT2D eigenvalue weighted by atomic mass is 35.5. The molecule has 4 rings (SSSR count). The van der Waals surface area contributed by atoms with Gasteiger partial charge in [0.1, 0.15) is 11.8 Å². The Morgan fingerprint density at radius 1 is 1.14 bits per heavy atom. The first-order valence-electron chi connectivity index (χ1n) is 9.31. The highest BCUT2D eigenvalue weighted by Crippen LogP contribution is 2.27. The molecule has 1 aromatic heterocycles. The van der Waals surface area contributed by atoms with Gasteiger partial charge in [-0.25, -0.2) is 14.4 Å². The maximum absolute atomic E-state index is 13.0. The number of piperidine rings is 1. The van der Waals surface area contributed by atoms with Crippen molar-refractivity contribution in [1.82, 2.24) is 14.9 Å². The Kier molecular flexibility index (Phi) is 6.65. The number of benzene rings is 1. The number of piperazine rings is 1. The van der Waals surface area contributed by atoms with Crippen molar-refractivity contribution in [3.8, 4) is 11.8 Å². The molecule has 2 aliphatic heterocycles. The lowest BCUT2D eigenvalue weighted by Gasteiger charge is -2.46. The van der Waals surface area contributed by atoms with E-state index in [4.69, 9.17) is 10.00 Å². The molecule has 3 heterocycles. The minimum Gasteiger partial charge on any atom is -0.492 e. The zero-order chi connectivity index (χ0) is 18.6. The van der Waals surface area contributed by atoms with E-state index in [1.165, 1.54) is 12.4 Å². The van der Waals surface area contributed by atoms with Crippen LogP contribution in [0, 0.1) is 23.1 Å². The maximum atomic E-state index is 13.0. The lowest BCUT2D eigenvalue weighted by Crippen LogP contribution is -2.57. The first kappa shape index (κ1) is 20.3. The molecule has 1 aromatic carbocycles. The van der Waals surface area contributed by atoms with Crippen LogP contribution in [0.5, 0.6) is 5.75 Å². The van der Waals surface area contributed by atoms with E-state index in [-0.39, 0.29) is 12.4 Å². The Hall–Kier alpha value is -2.43. The van der Waals surface area contributed by atoms with Crippen LogP contribution in [-0.4, -0.2) is 53.7 Å². The minimum atomic E-state index is -0.407. The number of hydrogen-bond acceptors (Lipinski definition) is 6. The molecule has 0 spiro atoms. The van der Waals surface area contributed by atoms with Crippen molar-refractivity contribution >= 4 is 18.4 Å². The number of rotatable bonds is 4. The highest BCUT2D eigenvalue weighted by Gasteiger charge is 2.33. The SMILES string of the molecule is Cl.N#Cc1ccccc1OC[C@H]1CC[C@H]2CN(c3ncc(F)cn3)CCN2C1. The molecule has 0 unspecified atom stereocenters. The summed E-state index contributed by atoms with van der Waals surface area (Å²) in [6.45, 7) is 4.28. The number of nitriles is 1. The Morgan fingerprint density at radius 3 is 2.71 bits per heavy atom. The lowest BCUT2D eigenvalue weighted by atomic mass is 9.91. The molecule has 28 heavy (non-hydrogen) atoms. The smallest absolute Gasteiger partial charge is 0.225 e. The fourth-order valence-electron chi connectivity index (χ4n) is 3.94.